The number of hydrogen-bond donors (Lipinski definition) is 2. The van der Waals surface area contributed by atoms with E-state index >= 15 is 0 Å². The zero-order chi connectivity index (χ0) is 13.7. The highest BCUT2D eigenvalue weighted by molar-refractivity contribution is 7.98. The maximum absolute atomic E-state index is 4.36. The van der Waals surface area contributed by atoms with Crippen LogP contribution in [0.25, 0.3) is 5.95 Å². The highest BCUT2D eigenvalue weighted by Crippen LogP contribution is 2.10. The lowest BCUT2D eigenvalue weighted by atomic mass is 10.4. The van der Waals surface area contributed by atoms with Crippen LogP contribution in [0.3, 0.4) is 0 Å². The van der Waals surface area contributed by atoms with Crippen LogP contribution in [0.4, 0.5) is 11.9 Å². The van der Waals surface area contributed by atoms with Crippen molar-refractivity contribution < 1.29 is 0 Å². The molecule has 0 saturated heterocycles. The van der Waals surface area contributed by atoms with Crippen LogP contribution >= 0.6 is 11.8 Å². The number of rotatable bonds is 6. The van der Waals surface area contributed by atoms with Crippen LogP contribution in [-0.4, -0.2) is 49.8 Å². The largest absolute Gasteiger partial charge is 0.357 e. The van der Waals surface area contributed by atoms with E-state index < -0.39 is 0 Å². The average Bonchev–Trinajstić information content (AvgIpc) is 2.92. The lowest BCUT2D eigenvalue weighted by Gasteiger charge is -2.13. The van der Waals surface area contributed by atoms with Crippen molar-refractivity contribution in [3.63, 3.8) is 0 Å². The first-order valence-corrected chi connectivity index (χ1v) is 7.31. The molecule has 2 aromatic heterocycles. The maximum atomic E-state index is 4.36. The molecule has 2 rings (SSSR count). The molecule has 1 atom stereocenters. The van der Waals surface area contributed by atoms with Crippen molar-refractivity contribution in [2.75, 3.05) is 29.7 Å². The van der Waals surface area contributed by atoms with Crippen LogP contribution in [0.2, 0.25) is 0 Å². The van der Waals surface area contributed by atoms with Gasteiger partial charge in [-0.2, -0.15) is 31.8 Å². The molecule has 102 valence electrons. The summed E-state index contributed by atoms with van der Waals surface area (Å²) >= 11 is 1.77. The fourth-order valence-corrected chi connectivity index (χ4v) is 2.13. The monoisotopic (exact) mass is 279 g/mol. The van der Waals surface area contributed by atoms with E-state index in [4.69, 9.17) is 0 Å². The van der Waals surface area contributed by atoms with Gasteiger partial charge in [-0.05, 0) is 19.2 Å². The van der Waals surface area contributed by atoms with Gasteiger partial charge in [0.2, 0.25) is 11.9 Å². The Bertz CT molecular complexity index is 514. The van der Waals surface area contributed by atoms with Gasteiger partial charge in [0.1, 0.15) is 0 Å². The van der Waals surface area contributed by atoms with Crippen molar-refractivity contribution in [2.45, 2.75) is 13.0 Å². The Balaban J connectivity index is 2.26. The number of hydrogen-bond acceptors (Lipinski definition) is 7. The normalized spacial score (nSPS) is 12.2. The lowest BCUT2D eigenvalue weighted by molar-refractivity contribution is 0.789. The molecule has 0 saturated carbocycles. The van der Waals surface area contributed by atoms with Gasteiger partial charge in [-0.15, -0.1) is 0 Å². The standard InChI is InChI=1S/C11H17N7S/c1-8(7-19-3)14-10-15-9(12-2)16-11(17-10)18-6-4-5-13-18/h4-6,8H,7H2,1-3H3,(H2,12,14,15,16,17). The zero-order valence-electron chi connectivity index (χ0n) is 11.2. The van der Waals surface area contributed by atoms with Crippen LogP contribution in [0.1, 0.15) is 6.92 Å². The average molecular weight is 279 g/mol. The molecule has 0 amide bonds. The van der Waals surface area contributed by atoms with E-state index in [9.17, 15) is 0 Å². The maximum Gasteiger partial charge on any atom is 0.257 e. The van der Waals surface area contributed by atoms with Gasteiger partial charge in [-0.25, -0.2) is 4.68 Å². The zero-order valence-corrected chi connectivity index (χ0v) is 12.0. The molecule has 2 N–H and O–H groups in total. The summed E-state index contributed by atoms with van der Waals surface area (Å²) in [5.41, 5.74) is 0. The summed E-state index contributed by atoms with van der Waals surface area (Å²) in [6.45, 7) is 2.09. The summed E-state index contributed by atoms with van der Waals surface area (Å²) in [6.07, 6.45) is 5.55. The van der Waals surface area contributed by atoms with Gasteiger partial charge in [0, 0.05) is 31.2 Å². The molecule has 2 aromatic rings. The summed E-state index contributed by atoms with van der Waals surface area (Å²) in [5.74, 6) is 2.53. The predicted octanol–water partition coefficient (Wildman–Crippen LogP) is 1.26. The molecule has 7 nitrogen and oxygen atoms in total. The molecule has 0 aromatic carbocycles. The topological polar surface area (TPSA) is 80.5 Å². The Hall–Kier alpha value is -1.83. The molecular formula is C11H17N7S. The van der Waals surface area contributed by atoms with Gasteiger partial charge in [0.15, 0.2) is 0 Å². The molecule has 1 unspecified atom stereocenters. The second-order valence-corrected chi connectivity index (χ2v) is 4.89. The molecule has 8 heteroatoms. The first-order chi connectivity index (χ1) is 9.22. The van der Waals surface area contributed by atoms with E-state index in [-0.39, 0.29) is 6.04 Å². The summed E-state index contributed by atoms with van der Waals surface area (Å²) in [4.78, 5) is 12.9. The van der Waals surface area contributed by atoms with Crippen LogP contribution in [0.5, 0.6) is 0 Å². The molecule has 19 heavy (non-hydrogen) atoms. The minimum Gasteiger partial charge on any atom is -0.357 e. The van der Waals surface area contributed by atoms with E-state index in [1.165, 1.54) is 0 Å². The molecule has 0 fully saturated rings. The van der Waals surface area contributed by atoms with Crippen LogP contribution in [0.15, 0.2) is 18.5 Å². The van der Waals surface area contributed by atoms with E-state index in [1.807, 2.05) is 6.07 Å². The molecule has 0 bridgehead atoms. The van der Waals surface area contributed by atoms with Gasteiger partial charge in [-0.3, -0.25) is 0 Å². The summed E-state index contributed by atoms with van der Waals surface area (Å²) in [5, 5.41) is 10.3. The van der Waals surface area contributed by atoms with Crippen molar-refractivity contribution in [2.24, 2.45) is 0 Å². The van der Waals surface area contributed by atoms with Crippen molar-refractivity contribution >= 4 is 23.7 Å². The van der Waals surface area contributed by atoms with Crippen molar-refractivity contribution in [3.8, 4) is 5.95 Å². The SMILES string of the molecule is CNc1nc(NC(C)CSC)nc(-n2cccn2)n1. The number of nitrogens with zero attached hydrogens (tertiary/aromatic N) is 5. The molecule has 0 aliphatic rings. The first kappa shape index (κ1) is 13.6. The fraction of sp³-hybridized carbons (Fsp3) is 0.455. The van der Waals surface area contributed by atoms with E-state index in [1.54, 1.807) is 35.9 Å². The Kier molecular flexibility index (Phi) is 4.56. The van der Waals surface area contributed by atoms with E-state index in [0.717, 1.165) is 5.75 Å². The third-order valence-corrected chi connectivity index (χ3v) is 3.18. The van der Waals surface area contributed by atoms with Crippen molar-refractivity contribution in [1.29, 1.82) is 0 Å². The third-order valence-electron chi connectivity index (χ3n) is 2.35. The number of nitrogens with one attached hydrogen (secondary N) is 2. The molecule has 0 radical (unpaired) electrons. The Morgan fingerprint density at radius 3 is 2.74 bits per heavy atom. The van der Waals surface area contributed by atoms with Crippen molar-refractivity contribution in [3.05, 3.63) is 18.5 Å². The molecule has 2 heterocycles. The highest BCUT2D eigenvalue weighted by Gasteiger charge is 2.09. The summed E-state index contributed by atoms with van der Waals surface area (Å²) in [6, 6.07) is 2.11. The second kappa shape index (κ2) is 6.37. The molecule has 0 spiro atoms. The molecule has 0 aliphatic heterocycles. The fourth-order valence-electron chi connectivity index (χ4n) is 1.54. The van der Waals surface area contributed by atoms with E-state index in [2.05, 4.69) is 43.9 Å². The first-order valence-electron chi connectivity index (χ1n) is 5.92. The number of anilines is 2. The van der Waals surface area contributed by atoms with Gasteiger partial charge in [0.25, 0.3) is 5.95 Å². The van der Waals surface area contributed by atoms with Gasteiger partial charge in [0.05, 0.1) is 0 Å². The smallest absolute Gasteiger partial charge is 0.257 e. The second-order valence-electron chi connectivity index (χ2n) is 3.98. The quantitative estimate of drug-likeness (QED) is 0.824. The van der Waals surface area contributed by atoms with Gasteiger partial charge in [-0.1, -0.05) is 0 Å². The van der Waals surface area contributed by atoms with Crippen LogP contribution in [-0.2, 0) is 0 Å². The van der Waals surface area contributed by atoms with E-state index in [0.29, 0.717) is 17.8 Å². The summed E-state index contributed by atoms with van der Waals surface area (Å²) < 4.78 is 1.60. The van der Waals surface area contributed by atoms with Gasteiger partial charge >= 0.3 is 0 Å². The van der Waals surface area contributed by atoms with Crippen LogP contribution in [0, 0.1) is 0 Å². The Labute approximate surface area is 116 Å². The van der Waals surface area contributed by atoms with Crippen LogP contribution < -0.4 is 10.6 Å². The predicted molar refractivity (Wildman–Crippen MR) is 78.0 cm³/mol. The van der Waals surface area contributed by atoms with Gasteiger partial charge < -0.3 is 10.6 Å². The summed E-state index contributed by atoms with van der Waals surface area (Å²) in [7, 11) is 1.78. The minimum atomic E-state index is 0.285. The minimum absolute atomic E-state index is 0.285. The Morgan fingerprint density at radius 1 is 1.32 bits per heavy atom. The molecular weight excluding hydrogens is 262 g/mol. The number of aromatic nitrogens is 5. The van der Waals surface area contributed by atoms with Crippen molar-refractivity contribution in [1.82, 2.24) is 24.7 Å². The Morgan fingerprint density at radius 2 is 2.11 bits per heavy atom. The third kappa shape index (κ3) is 3.57. The molecule has 0 aliphatic carbocycles. The number of thioether (sulfide) groups is 1. The lowest BCUT2D eigenvalue weighted by Crippen LogP contribution is -2.21. The highest BCUT2D eigenvalue weighted by atomic mass is 32.2.